The zero-order valence-corrected chi connectivity index (χ0v) is 41.0. The Labute approximate surface area is 349 Å². The lowest BCUT2D eigenvalue weighted by Gasteiger charge is -2.58. The summed E-state index contributed by atoms with van der Waals surface area (Å²) in [5.74, 6) is 0. The summed E-state index contributed by atoms with van der Waals surface area (Å²) in [5, 5.41) is 0. The first-order valence-electron chi connectivity index (χ1n) is 24.6. The van der Waals surface area contributed by atoms with Crippen LogP contribution in [-0.4, -0.2) is 87.1 Å². The minimum Gasteiger partial charge on any atom is -0.415 e. The van der Waals surface area contributed by atoms with E-state index in [0.29, 0.717) is 22.2 Å². The van der Waals surface area contributed by atoms with Gasteiger partial charge in [0.05, 0.1) is 0 Å². The Bertz CT molecular complexity index is 865. The molecule has 0 atom stereocenters. The number of unbranched alkanes of at least 4 members (excludes halogenated alkanes) is 4. The minimum atomic E-state index is -2.97. The molecule has 4 aliphatic carbocycles. The van der Waals surface area contributed by atoms with Crippen LogP contribution in [0.2, 0.25) is 46.3 Å². The Balaban J connectivity index is 1.66. The third kappa shape index (κ3) is 13.3. The fourth-order valence-electron chi connectivity index (χ4n) is 10.9. The van der Waals surface area contributed by atoms with Crippen LogP contribution in [0.1, 0.15) is 182 Å². The lowest BCUT2D eigenvalue weighted by Crippen LogP contribution is -2.74. The Morgan fingerprint density at radius 3 is 0.696 bits per heavy atom. The van der Waals surface area contributed by atoms with Gasteiger partial charge in [0.25, 0.3) is 0 Å². The first-order valence-corrected chi connectivity index (χ1v) is 33.0. The van der Waals surface area contributed by atoms with Gasteiger partial charge in [-0.25, -0.2) is 0 Å². The Morgan fingerprint density at radius 1 is 0.321 bits per heavy atom. The quantitative estimate of drug-likeness (QED) is 0.0569. The third-order valence-electron chi connectivity index (χ3n) is 14.2. The smallest absolute Gasteiger partial charge is 0.326 e. The van der Waals surface area contributed by atoms with Crippen LogP contribution in [0.15, 0.2) is 0 Å². The molecule has 8 nitrogen and oxygen atoms in total. The van der Waals surface area contributed by atoms with E-state index in [-0.39, 0.29) is 0 Å². The lowest BCUT2D eigenvalue weighted by molar-refractivity contribution is 0.111. The maximum absolute atomic E-state index is 8.55. The van der Waals surface area contributed by atoms with E-state index in [4.69, 9.17) is 35.4 Å². The molecular formula is C44H88O8Si4. The molecule has 0 unspecified atom stereocenters. The summed E-state index contributed by atoms with van der Waals surface area (Å²) in [6.07, 6.45) is 28.9. The van der Waals surface area contributed by atoms with Gasteiger partial charge in [-0.15, -0.1) is 0 Å². The van der Waals surface area contributed by atoms with E-state index in [1.54, 1.807) is 0 Å². The molecule has 0 N–H and O–H groups in total. The SMILES string of the molecule is CCCCOCC[Si]1(C2CCCC2)O[Si](CCOCCCC)(C2CCCC2)O[Si](CCOCCCC)(C2CCCC2)O[Si](CCOCCCC)(C2CCCC2)O1. The molecule has 56 heavy (non-hydrogen) atoms. The molecule has 0 bridgehead atoms. The molecule has 12 heteroatoms. The van der Waals surface area contributed by atoms with E-state index in [1.165, 1.54) is 103 Å². The summed E-state index contributed by atoms with van der Waals surface area (Å²) < 4.78 is 60.4. The van der Waals surface area contributed by atoms with Gasteiger partial charge in [0.2, 0.25) is 0 Å². The van der Waals surface area contributed by atoms with Crippen molar-refractivity contribution in [2.24, 2.45) is 0 Å². The van der Waals surface area contributed by atoms with Gasteiger partial charge in [-0.2, -0.15) is 0 Å². The fourth-order valence-corrected chi connectivity index (χ4v) is 39.5. The predicted molar refractivity (Wildman–Crippen MR) is 238 cm³/mol. The van der Waals surface area contributed by atoms with Crippen molar-refractivity contribution in [2.75, 3.05) is 52.9 Å². The van der Waals surface area contributed by atoms with Crippen LogP contribution in [0.5, 0.6) is 0 Å². The highest BCUT2D eigenvalue weighted by atomic mass is 28.5. The molecular weight excluding hydrogens is 769 g/mol. The van der Waals surface area contributed by atoms with Gasteiger partial charge in [-0.05, 0) is 77.0 Å². The van der Waals surface area contributed by atoms with Crippen molar-refractivity contribution in [2.45, 2.75) is 228 Å². The summed E-state index contributed by atoms with van der Waals surface area (Å²) in [5.41, 5.74) is 1.86. The first-order chi connectivity index (χ1) is 27.5. The molecule has 0 aromatic rings. The first kappa shape index (κ1) is 47.6. The fraction of sp³-hybridized carbons (Fsp3) is 1.00. The second-order valence-corrected chi connectivity index (χ2v) is 33.5. The number of hydrogen-bond acceptors (Lipinski definition) is 8. The maximum atomic E-state index is 8.55. The van der Waals surface area contributed by atoms with Gasteiger partial charge in [-0.1, -0.05) is 105 Å². The molecule has 328 valence electrons. The Kier molecular flexibility index (Phi) is 21.7. The van der Waals surface area contributed by atoms with Crippen molar-refractivity contribution in [3.8, 4) is 0 Å². The van der Waals surface area contributed by atoms with Crippen LogP contribution >= 0.6 is 0 Å². The van der Waals surface area contributed by atoms with Crippen molar-refractivity contribution in [1.29, 1.82) is 0 Å². The van der Waals surface area contributed by atoms with Crippen LogP contribution < -0.4 is 0 Å². The molecule has 5 fully saturated rings. The van der Waals surface area contributed by atoms with Crippen molar-refractivity contribution < 1.29 is 35.4 Å². The van der Waals surface area contributed by atoms with Crippen LogP contribution in [0.25, 0.3) is 0 Å². The van der Waals surface area contributed by atoms with E-state index < -0.39 is 34.2 Å². The molecule has 4 saturated carbocycles. The van der Waals surface area contributed by atoms with Crippen molar-refractivity contribution in [1.82, 2.24) is 0 Å². The summed E-state index contributed by atoms with van der Waals surface area (Å²) in [7, 11) is -11.9. The van der Waals surface area contributed by atoms with Gasteiger partial charge in [0.1, 0.15) is 0 Å². The van der Waals surface area contributed by atoms with E-state index in [1.807, 2.05) is 0 Å². The molecule has 0 aromatic heterocycles. The van der Waals surface area contributed by atoms with Crippen LogP contribution in [0.4, 0.5) is 0 Å². The Hall–Kier alpha value is 0.548. The van der Waals surface area contributed by atoms with Crippen molar-refractivity contribution in [3.05, 3.63) is 0 Å². The largest absolute Gasteiger partial charge is 0.415 e. The molecule has 1 saturated heterocycles. The zero-order chi connectivity index (χ0) is 39.4. The normalized spacial score (nSPS) is 31.5. The van der Waals surface area contributed by atoms with Gasteiger partial charge >= 0.3 is 34.2 Å². The van der Waals surface area contributed by atoms with E-state index in [0.717, 1.165) is 128 Å². The van der Waals surface area contributed by atoms with Crippen LogP contribution in [0, 0.1) is 0 Å². The third-order valence-corrected chi connectivity index (χ3v) is 36.2. The molecule has 0 radical (unpaired) electrons. The molecule has 5 aliphatic rings. The van der Waals surface area contributed by atoms with E-state index in [2.05, 4.69) is 27.7 Å². The van der Waals surface area contributed by atoms with Crippen LogP contribution in [-0.2, 0) is 35.4 Å². The molecule has 0 amide bonds. The van der Waals surface area contributed by atoms with Crippen molar-refractivity contribution >= 4 is 34.2 Å². The highest BCUT2D eigenvalue weighted by Crippen LogP contribution is 2.58. The number of hydrogen-bond donors (Lipinski definition) is 0. The number of rotatable bonds is 28. The molecule has 1 heterocycles. The summed E-state index contributed by atoms with van der Waals surface area (Å²) in [4.78, 5) is 0. The number of ether oxygens (including phenoxy) is 4. The standard InChI is InChI=1S/C44H88O8Si4/c1-5-9-29-45-33-37-53(41-21-13-14-22-41)49-54(42-23-15-16-24-42,38-34-46-30-10-6-2)51-56(44-27-19-20-28-44,40-36-48-32-12-8-4)52-55(50-53,43-25-17-18-26-43)39-35-47-31-11-7-3/h41-44H,5-40H2,1-4H3. The summed E-state index contributed by atoms with van der Waals surface area (Å²) in [6, 6.07) is 3.62. The maximum Gasteiger partial charge on any atom is 0.326 e. The second kappa shape index (κ2) is 25.5. The highest BCUT2D eigenvalue weighted by Gasteiger charge is 2.69. The monoisotopic (exact) mass is 857 g/mol. The molecule has 0 spiro atoms. The average molecular weight is 858 g/mol. The van der Waals surface area contributed by atoms with Gasteiger partial charge in [0.15, 0.2) is 0 Å². The summed E-state index contributed by atoms with van der Waals surface area (Å²) in [6.45, 7) is 15.2. The van der Waals surface area contributed by atoms with E-state index >= 15 is 0 Å². The van der Waals surface area contributed by atoms with Gasteiger partial charge in [-0.3, -0.25) is 0 Å². The lowest BCUT2D eigenvalue weighted by atomic mass is 10.4. The molecule has 5 rings (SSSR count). The minimum absolute atomic E-state index is 0.464. The zero-order valence-electron chi connectivity index (χ0n) is 37.0. The van der Waals surface area contributed by atoms with Gasteiger partial charge < -0.3 is 35.4 Å². The molecule has 0 aromatic carbocycles. The topological polar surface area (TPSA) is 73.8 Å². The van der Waals surface area contributed by atoms with Crippen molar-refractivity contribution in [3.63, 3.8) is 0 Å². The van der Waals surface area contributed by atoms with Gasteiger partial charge in [0, 0.05) is 99.2 Å². The Morgan fingerprint density at radius 2 is 0.518 bits per heavy atom. The summed E-state index contributed by atoms with van der Waals surface area (Å²) >= 11 is 0. The second-order valence-electron chi connectivity index (χ2n) is 18.4. The predicted octanol–water partition coefficient (Wildman–Crippen LogP) is 12.9. The van der Waals surface area contributed by atoms with Crippen LogP contribution in [0.3, 0.4) is 0 Å². The highest BCUT2D eigenvalue weighted by molar-refractivity contribution is 6.96. The molecule has 1 aliphatic heterocycles. The average Bonchev–Trinajstić information content (AvgIpc) is 4.05. The van der Waals surface area contributed by atoms with E-state index in [9.17, 15) is 0 Å².